The first-order valence-electron chi connectivity index (χ1n) is 7.54. The van der Waals surface area contributed by atoms with Gasteiger partial charge in [0.2, 0.25) is 5.95 Å². The van der Waals surface area contributed by atoms with E-state index in [-0.39, 0.29) is 17.8 Å². The van der Waals surface area contributed by atoms with Gasteiger partial charge in [-0.25, -0.2) is 4.98 Å². The van der Waals surface area contributed by atoms with E-state index in [1.54, 1.807) is 17.8 Å². The summed E-state index contributed by atoms with van der Waals surface area (Å²) in [6, 6.07) is 2.25. The Morgan fingerprint density at radius 2 is 2.16 bits per heavy atom. The molecule has 2 heterocycles. The third kappa shape index (κ3) is 3.09. The molecule has 0 radical (unpaired) electrons. The number of nitrogens with one attached hydrogen (secondary N) is 2. The van der Waals surface area contributed by atoms with Crippen LogP contribution < -0.4 is 10.6 Å². The summed E-state index contributed by atoms with van der Waals surface area (Å²) in [7, 11) is 1.36. The summed E-state index contributed by atoms with van der Waals surface area (Å²) in [6.45, 7) is 3.62. The zero-order chi connectivity index (χ0) is 18.4. The van der Waals surface area contributed by atoms with Crippen LogP contribution in [0.4, 0.5) is 30.6 Å². The number of nitrogens with zero attached hydrogens (tertiary/aromatic N) is 5. The summed E-state index contributed by atoms with van der Waals surface area (Å²) in [5, 5.41) is 18.8. The molecule has 1 aliphatic rings. The van der Waals surface area contributed by atoms with E-state index >= 15 is 0 Å². The quantitative estimate of drug-likeness (QED) is 0.878. The van der Waals surface area contributed by atoms with Crippen LogP contribution in [0.1, 0.15) is 30.6 Å². The van der Waals surface area contributed by atoms with Crippen molar-refractivity contribution in [2.24, 2.45) is 5.41 Å². The zero-order valence-corrected chi connectivity index (χ0v) is 13.8. The zero-order valence-electron chi connectivity index (χ0n) is 13.8. The van der Waals surface area contributed by atoms with Crippen LogP contribution in [0.5, 0.6) is 0 Å². The number of nitriles is 1. The number of rotatable bonds is 4. The average Bonchev–Trinajstić information content (AvgIpc) is 3.12. The second-order valence-electron chi connectivity index (χ2n) is 6.19. The van der Waals surface area contributed by atoms with Crippen LogP contribution in [0.3, 0.4) is 0 Å². The molecule has 7 nitrogen and oxygen atoms in total. The molecule has 1 fully saturated rings. The molecule has 25 heavy (non-hydrogen) atoms. The van der Waals surface area contributed by atoms with Crippen LogP contribution in [0.2, 0.25) is 0 Å². The Morgan fingerprint density at radius 3 is 2.72 bits per heavy atom. The van der Waals surface area contributed by atoms with Gasteiger partial charge in [-0.1, -0.05) is 0 Å². The first-order valence-corrected chi connectivity index (χ1v) is 7.54. The van der Waals surface area contributed by atoms with Crippen molar-refractivity contribution in [1.82, 2.24) is 19.7 Å². The molecule has 0 aromatic carbocycles. The number of aromatic nitrogens is 4. The van der Waals surface area contributed by atoms with Gasteiger partial charge in [0.05, 0.1) is 28.9 Å². The van der Waals surface area contributed by atoms with Crippen molar-refractivity contribution < 1.29 is 13.2 Å². The predicted octanol–water partition coefficient (Wildman–Crippen LogP) is 3.26. The molecule has 1 aliphatic carbocycles. The molecule has 10 heteroatoms. The van der Waals surface area contributed by atoms with Crippen molar-refractivity contribution in [2.45, 2.75) is 32.5 Å². The lowest BCUT2D eigenvalue weighted by atomic mass is 10.2. The Labute approximate surface area is 141 Å². The lowest BCUT2D eigenvalue weighted by Crippen LogP contribution is -2.12. The number of halogens is 3. The molecule has 2 aromatic heterocycles. The Balaban J connectivity index is 1.84. The minimum Gasteiger partial charge on any atom is -0.372 e. The van der Waals surface area contributed by atoms with Crippen molar-refractivity contribution in [2.75, 3.05) is 17.7 Å². The number of hydrogen-bond acceptors (Lipinski definition) is 6. The molecule has 2 atom stereocenters. The van der Waals surface area contributed by atoms with E-state index in [2.05, 4.69) is 31.8 Å². The summed E-state index contributed by atoms with van der Waals surface area (Å²) in [5.41, 5.74) is -0.147. The molecule has 0 bridgehead atoms. The van der Waals surface area contributed by atoms with Crippen LogP contribution in [0.25, 0.3) is 0 Å². The maximum atomic E-state index is 12.9. The van der Waals surface area contributed by atoms with Gasteiger partial charge < -0.3 is 10.6 Å². The van der Waals surface area contributed by atoms with E-state index in [4.69, 9.17) is 5.26 Å². The van der Waals surface area contributed by atoms with Gasteiger partial charge in [-0.3, -0.25) is 4.68 Å². The fraction of sp³-hybridized carbons (Fsp3) is 0.467. The molecule has 3 rings (SSSR count). The minimum absolute atomic E-state index is 0.00635. The van der Waals surface area contributed by atoms with E-state index < -0.39 is 17.2 Å². The molecule has 132 valence electrons. The van der Waals surface area contributed by atoms with Gasteiger partial charge in [-0.05, 0) is 20.3 Å². The Bertz CT molecular complexity index is 852. The van der Waals surface area contributed by atoms with Gasteiger partial charge in [0, 0.05) is 19.4 Å². The maximum absolute atomic E-state index is 12.9. The molecule has 2 N–H and O–H groups in total. The lowest BCUT2D eigenvalue weighted by Gasteiger charge is -2.12. The Kier molecular flexibility index (Phi) is 3.82. The van der Waals surface area contributed by atoms with Gasteiger partial charge in [0.25, 0.3) is 0 Å². The van der Waals surface area contributed by atoms with Crippen LogP contribution in [0, 0.1) is 23.7 Å². The molecular weight excluding hydrogens is 335 g/mol. The molecule has 0 spiro atoms. The van der Waals surface area contributed by atoms with Gasteiger partial charge >= 0.3 is 6.18 Å². The van der Waals surface area contributed by atoms with E-state index in [1.165, 1.54) is 7.05 Å². The molecular formula is C15H16F3N7. The summed E-state index contributed by atoms with van der Waals surface area (Å²) in [5.74, 6) is -0.284. The van der Waals surface area contributed by atoms with Crippen molar-refractivity contribution in [3.05, 3.63) is 23.7 Å². The fourth-order valence-corrected chi connectivity index (χ4v) is 2.57. The summed E-state index contributed by atoms with van der Waals surface area (Å²) >= 11 is 0. The molecule has 0 unspecified atom stereocenters. The smallest absolute Gasteiger partial charge is 0.372 e. The van der Waals surface area contributed by atoms with Crippen LogP contribution in [-0.4, -0.2) is 26.8 Å². The Morgan fingerprint density at radius 1 is 1.44 bits per heavy atom. The standard InChI is InChI=1S/C15H16F3N7/c1-8-10(6-25(24-8)11-4-14(11,2)7-19)22-13-21-5-9(15(16,17)18)12(20-3)23-13/h5-6,11H,4H2,1-3H3,(H2,20,21,22,23)/t11-,14-/m0/s1. The van der Waals surface area contributed by atoms with Crippen molar-refractivity contribution in [3.63, 3.8) is 0 Å². The van der Waals surface area contributed by atoms with Gasteiger partial charge in [-0.2, -0.15) is 28.5 Å². The van der Waals surface area contributed by atoms with E-state index in [9.17, 15) is 13.2 Å². The number of anilines is 3. The van der Waals surface area contributed by atoms with Crippen molar-refractivity contribution >= 4 is 17.5 Å². The molecule has 2 aromatic rings. The summed E-state index contributed by atoms with van der Waals surface area (Å²) in [4.78, 5) is 7.60. The summed E-state index contributed by atoms with van der Waals surface area (Å²) < 4.78 is 40.3. The van der Waals surface area contributed by atoms with Crippen LogP contribution in [-0.2, 0) is 6.18 Å². The molecule has 0 aliphatic heterocycles. The number of alkyl halides is 3. The van der Waals surface area contributed by atoms with Gasteiger partial charge in [-0.15, -0.1) is 0 Å². The Hall–Kier alpha value is -2.83. The number of aryl methyl sites for hydroxylation is 1. The monoisotopic (exact) mass is 351 g/mol. The molecule has 0 saturated heterocycles. The second-order valence-corrected chi connectivity index (χ2v) is 6.19. The topological polar surface area (TPSA) is 91.5 Å². The normalized spacial score (nSPS) is 22.4. The van der Waals surface area contributed by atoms with E-state index in [0.29, 0.717) is 17.8 Å². The highest BCUT2D eigenvalue weighted by atomic mass is 19.4. The molecule has 0 amide bonds. The SMILES string of the molecule is CNc1nc(Nc2cn([C@H]3C[C@@]3(C)C#N)nc2C)ncc1C(F)(F)F. The fourth-order valence-electron chi connectivity index (χ4n) is 2.57. The first kappa shape index (κ1) is 17.0. The maximum Gasteiger partial charge on any atom is 0.421 e. The first-order chi connectivity index (χ1) is 11.7. The third-order valence-corrected chi connectivity index (χ3v) is 4.26. The van der Waals surface area contributed by atoms with Gasteiger partial charge in [0.1, 0.15) is 11.4 Å². The highest BCUT2D eigenvalue weighted by molar-refractivity contribution is 5.58. The third-order valence-electron chi connectivity index (χ3n) is 4.26. The van der Waals surface area contributed by atoms with E-state index in [0.717, 1.165) is 6.20 Å². The van der Waals surface area contributed by atoms with E-state index in [1.807, 2.05) is 6.92 Å². The lowest BCUT2D eigenvalue weighted by molar-refractivity contribution is -0.137. The predicted molar refractivity (Wildman–Crippen MR) is 84.2 cm³/mol. The van der Waals surface area contributed by atoms with Crippen molar-refractivity contribution in [3.8, 4) is 6.07 Å². The van der Waals surface area contributed by atoms with Gasteiger partial charge in [0.15, 0.2) is 0 Å². The second kappa shape index (κ2) is 5.61. The largest absolute Gasteiger partial charge is 0.421 e. The minimum atomic E-state index is -4.54. The van der Waals surface area contributed by atoms with Crippen molar-refractivity contribution in [1.29, 1.82) is 5.26 Å². The number of hydrogen-bond donors (Lipinski definition) is 2. The highest BCUT2D eigenvalue weighted by Gasteiger charge is 2.53. The average molecular weight is 351 g/mol. The van der Waals surface area contributed by atoms with Crippen LogP contribution in [0.15, 0.2) is 12.4 Å². The highest BCUT2D eigenvalue weighted by Crippen LogP contribution is 2.55. The van der Waals surface area contributed by atoms with Crippen LogP contribution >= 0.6 is 0 Å². The summed E-state index contributed by atoms with van der Waals surface area (Å²) in [6.07, 6.45) is -1.38. The molecule has 1 saturated carbocycles.